The van der Waals surface area contributed by atoms with Crippen molar-refractivity contribution < 1.29 is 24.1 Å². The van der Waals surface area contributed by atoms with Gasteiger partial charge in [0.2, 0.25) is 12.2 Å². The summed E-state index contributed by atoms with van der Waals surface area (Å²) in [6.07, 6.45) is 3.66. The smallest absolute Gasteiger partial charge is 0.342 e. The fraction of sp³-hybridized carbons (Fsp3) is 0.133. The van der Waals surface area contributed by atoms with Crippen molar-refractivity contribution in [3.05, 3.63) is 66.2 Å². The fourth-order valence-corrected chi connectivity index (χ4v) is 1.90. The van der Waals surface area contributed by atoms with Gasteiger partial charge in [0.15, 0.2) is 6.26 Å². The van der Waals surface area contributed by atoms with Crippen LogP contribution in [0.25, 0.3) is 0 Å². The zero-order valence-electron chi connectivity index (χ0n) is 11.4. The molecule has 1 aromatic heterocycles. The summed E-state index contributed by atoms with van der Waals surface area (Å²) in [6, 6.07) is 9.69. The molecule has 1 aliphatic rings. The van der Waals surface area contributed by atoms with Crippen molar-refractivity contribution in [3.8, 4) is 5.88 Å². The standard InChI is InChI=1S/C15H12N2O5/c18-15(19)11-7-16-9-17-14(11)22-13-8-20-12(21-13)6-10-4-2-1-3-5-10/h1-5,7-9,12H,6H2,(H,18,19). The first-order valence-corrected chi connectivity index (χ1v) is 6.50. The van der Waals surface area contributed by atoms with Gasteiger partial charge in [-0.1, -0.05) is 30.3 Å². The summed E-state index contributed by atoms with van der Waals surface area (Å²) in [5.41, 5.74) is 0.897. The van der Waals surface area contributed by atoms with Crippen LogP contribution >= 0.6 is 0 Å². The first-order valence-electron chi connectivity index (χ1n) is 6.50. The number of aromatic nitrogens is 2. The predicted octanol–water partition coefficient (Wildman–Crippen LogP) is 1.97. The normalized spacial score (nSPS) is 16.4. The third-order valence-electron chi connectivity index (χ3n) is 2.91. The number of aromatic carboxylic acids is 1. The van der Waals surface area contributed by atoms with E-state index in [9.17, 15) is 4.79 Å². The summed E-state index contributed by atoms with van der Waals surface area (Å²) in [5.74, 6) is -1.23. The van der Waals surface area contributed by atoms with Gasteiger partial charge in [0.1, 0.15) is 11.9 Å². The van der Waals surface area contributed by atoms with Gasteiger partial charge in [0.05, 0.1) is 0 Å². The fourth-order valence-electron chi connectivity index (χ4n) is 1.90. The molecule has 22 heavy (non-hydrogen) atoms. The molecule has 0 amide bonds. The van der Waals surface area contributed by atoms with Crippen molar-refractivity contribution in [1.82, 2.24) is 9.97 Å². The number of nitrogens with zero attached hydrogens (tertiary/aromatic N) is 2. The van der Waals surface area contributed by atoms with E-state index in [1.807, 2.05) is 30.3 Å². The molecule has 1 N–H and O–H groups in total. The Balaban J connectivity index is 1.63. The van der Waals surface area contributed by atoms with E-state index in [-0.39, 0.29) is 17.4 Å². The zero-order chi connectivity index (χ0) is 15.4. The lowest BCUT2D eigenvalue weighted by Gasteiger charge is -2.12. The number of ether oxygens (including phenoxy) is 3. The first-order chi connectivity index (χ1) is 10.7. The SMILES string of the molecule is O=C(O)c1cncnc1OC1=COC(Cc2ccccc2)O1. The van der Waals surface area contributed by atoms with E-state index in [1.165, 1.54) is 12.6 Å². The lowest BCUT2D eigenvalue weighted by atomic mass is 10.1. The van der Waals surface area contributed by atoms with E-state index >= 15 is 0 Å². The molecule has 7 nitrogen and oxygen atoms in total. The summed E-state index contributed by atoms with van der Waals surface area (Å²) in [7, 11) is 0. The lowest BCUT2D eigenvalue weighted by molar-refractivity contribution is -0.0525. The van der Waals surface area contributed by atoms with Crippen LogP contribution in [0.3, 0.4) is 0 Å². The van der Waals surface area contributed by atoms with Crippen LogP contribution in [0.5, 0.6) is 5.88 Å². The molecule has 1 aromatic carbocycles. The number of hydrogen-bond acceptors (Lipinski definition) is 6. The first kappa shape index (κ1) is 13.9. The number of rotatable bonds is 5. The summed E-state index contributed by atoms with van der Waals surface area (Å²) in [4.78, 5) is 18.5. The largest absolute Gasteiger partial charge is 0.477 e. The lowest BCUT2D eigenvalue weighted by Crippen LogP contribution is -2.14. The quantitative estimate of drug-likeness (QED) is 0.902. The monoisotopic (exact) mass is 300 g/mol. The van der Waals surface area contributed by atoms with Gasteiger partial charge in [0, 0.05) is 12.6 Å². The number of carboxylic acid groups (broad SMARTS) is 1. The molecule has 3 rings (SSSR count). The number of carboxylic acids is 1. The second-order valence-electron chi connectivity index (χ2n) is 4.46. The van der Waals surface area contributed by atoms with E-state index < -0.39 is 12.3 Å². The summed E-state index contributed by atoms with van der Waals surface area (Å²) >= 11 is 0. The molecule has 0 aliphatic carbocycles. The molecule has 1 aliphatic heterocycles. The van der Waals surface area contributed by atoms with Crippen molar-refractivity contribution in [1.29, 1.82) is 0 Å². The molecule has 0 spiro atoms. The molecule has 112 valence electrons. The minimum absolute atomic E-state index is 0.0575. The number of benzene rings is 1. The predicted molar refractivity (Wildman–Crippen MR) is 73.8 cm³/mol. The molecule has 2 heterocycles. The van der Waals surface area contributed by atoms with Crippen molar-refractivity contribution in [2.45, 2.75) is 12.7 Å². The molecule has 1 atom stereocenters. The zero-order valence-corrected chi connectivity index (χ0v) is 11.4. The Morgan fingerprint density at radius 3 is 2.91 bits per heavy atom. The van der Waals surface area contributed by atoms with Gasteiger partial charge in [-0.05, 0) is 5.56 Å². The van der Waals surface area contributed by atoms with Crippen LogP contribution in [0.2, 0.25) is 0 Å². The summed E-state index contributed by atoms with van der Waals surface area (Å²) < 4.78 is 16.1. The molecule has 0 bridgehead atoms. The molecular weight excluding hydrogens is 288 g/mol. The molecule has 0 saturated heterocycles. The Labute approximate surface area is 125 Å². The van der Waals surface area contributed by atoms with Crippen LogP contribution < -0.4 is 4.74 Å². The molecule has 0 radical (unpaired) electrons. The average molecular weight is 300 g/mol. The van der Waals surface area contributed by atoms with Crippen molar-refractivity contribution in [2.75, 3.05) is 0 Å². The second kappa shape index (κ2) is 6.13. The van der Waals surface area contributed by atoms with E-state index in [1.54, 1.807) is 0 Å². The van der Waals surface area contributed by atoms with Crippen LogP contribution in [0.4, 0.5) is 0 Å². The van der Waals surface area contributed by atoms with Crippen molar-refractivity contribution >= 4 is 5.97 Å². The Bertz CT molecular complexity index is 702. The van der Waals surface area contributed by atoms with Crippen LogP contribution in [-0.2, 0) is 15.9 Å². The van der Waals surface area contributed by atoms with Crippen molar-refractivity contribution in [2.24, 2.45) is 0 Å². The van der Waals surface area contributed by atoms with Crippen molar-refractivity contribution in [3.63, 3.8) is 0 Å². The molecule has 0 fully saturated rings. The van der Waals surface area contributed by atoms with Gasteiger partial charge in [-0.3, -0.25) is 0 Å². The summed E-state index contributed by atoms with van der Waals surface area (Å²) in [5, 5.41) is 9.03. The Kier molecular flexibility index (Phi) is 3.86. The highest BCUT2D eigenvalue weighted by Crippen LogP contribution is 2.22. The highest BCUT2D eigenvalue weighted by molar-refractivity contribution is 5.89. The maximum atomic E-state index is 11.0. The molecule has 0 saturated carbocycles. The second-order valence-corrected chi connectivity index (χ2v) is 4.46. The van der Waals surface area contributed by atoms with Crippen LogP contribution in [0.1, 0.15) is 15.9 Å². The number of hydrogen-bond donors (Lipinski definition) is 1. The van der Waals surface area contributed by atoms with E-state index in [4.69, 9.17) is 19.3 Å². The molecule has 7 heteroatoms. The topological polar surface area (TPSA) is 90.8 Å². The molecule has 2 aromatic rings. The van der Waals surface area contributed by atoms with E-state index in [0.29, 0.717) is 6.42 Å². The molecular formula is C15H12N2O5. The van der Waals surface area contributed by atoms with E-state index in [0.717, 1.165) is 11.8 Å². The maximum Gasteiger partial charge on any atom is 0.342 e. The van der Waals surface area contributed by atoms with Gasteiger partial charge < -0.3 is 19.3 Å². The van der Waals surface area contributed by atoms with Gasteiger partial charge >= 0.3 is 11.9 Å². The summed E-state index contributed by atoms with van der Waals surface area (Å²) in [6.45, 7) is 0. The third-order valence-corrected chi connectivity index (χ3v) is 2.91. The van der Waals surface area contributed by atoms with Gasteiger partial charge in [-0.15, -0.1) is 0 Å². The van der Waals surface area contributed by atoms with Crippen LogP contribution in [0.15, 0.2) is 55.1 Å². The molecule has 1 unspecified atom stereocenters. The van der Waals surface area contributed by atoms with Crippen LogP contribution in [-0.4, -0.2) is 27.3 Å². The Morgan fingerprint density at radius 1 is 1.32 bits per heavy atom. The van der Waals surface area contributed by atoms with Gasteiger partial charge in [-0.25, -0.2) is 14.8 Å². The highest BCUT2D eigenvalue weighted by atomic mass is 16.8. The highest BCUT2D eigenvalue weighted by Gasteiger charge is 2.24. The van der Waals surface area contributed by atoms with Gasteiger partial charge in [-0.2, -0.15) is 0 Å². The minimum atomic E-state index is -1.18. The van der Waals surface area contributed by atoms with E-state index in [2.05, 4.69) is 9.97 Å². The Morgan fingerprint density at radius 2 is 2.14 bits per heavy atom. The maximum absolute atomic E-state index is 11.0. The van der Waals surface area contributed by atoms with Gasteiger partial charge in [0.25, 0.3) is 0 Å². The Hall–Kier alpha value is -3.09. The average Bonchev–Trinajstić information content (AvgIpc) is 2.96. The number of carbonyl (C=O) groups is 1. The minimum Gasteiger partial charge on any atom is -0.477 e. The third kappa shape index (κ3) is 3.14. The van der Waals surface area contributed by atoms with Crippen LogP contribution in [0, 0.1) is 0 Å².